The lowest BCUT2D eigenvalue weighted by molar-refractivity contribution is -0.131. The highest BCUT2D eigenvalue weighted by molar-refractivity contribution is 14.2. The second kappa shape index (κ2) is 11.1. The normalized spacial score (nSPS) is 21.9. The Hall–Kier alpha value is -1.13. The molecule has 1 N–H and O–H groups in total. The highest BCUT2D eigenvalue weighted by atomic mass is 127. The smallest absolute Gasteiger partial charge is 0.226 e. The number of rotatable bonds is 3. The number of fused-ring (bicyclic) bond motifs is 2. The van der Waals surface area contributed by atoms with Gasteiger partial charge < -0.3 is 10.0 Å². The first-order valence-corrected chi connectivity index (χ1v) is 16.0. The summed E-state index contributed by atoms with van der Waals surface area (Å²) in [5.41, 5.74) is 5.48. The van der Waals surface area contributed by atoms with Crippen LogP contribution >= 0.6 is 64.2 Å². The second-order valence-electron chi connectivity index (χ2n) is 8.95. The molecule has 4 nitrogen and oxygen atoms in total. The fraction of sp³-hybridized carbons (Fsp3) is 0.296. The Bertz CT molecular complexity index is 1280. The van der Waals surface area contributed by atoms with Crippen molar-refractivity contribution in [3.8, 4) is 0 Å². The van der Waals surface area contributed by atoms with Crippen LogP contribution in [0.1, 0.15) is 47.6 Å². The molecule has 8 heteroatoms. The van der Waals surface area contributed by atoms with E-state index >= 15 is 0 Å². The Morgan fingerprint density at radius 1 is 1.14 bits per heavy atom. The van der Waals surface area contributed by atoms with Crippen LogP contribution in [-0.4, -0.2) is 42.1 Å². The van der Waals surface area contributed by atoms with E-state index in [1.807, 2.05) is 45.5 Å². The van der Waals surface area contributed by atoms with Crippen LogP contribution in [0.3, 0.4) is 0 Å². The molecule has 0 spiro atoms. The maximum atomic E-state index is 13.1. The summed E-state index contributed by atoms with van der Waals surface area (Å²) in [6, 6.07) is 6.11. The Kier molecular flexibility index (Phi) is 8.08. The average molecular weight is 731 g/mol. The molecular weight excluding hydrogens is 706 g/mol. The van der Waals surface area contributed by atoms with Crippen LogP contribution < -0.4 is 0 Å². The van der Waals surface area contributed by atoms with E-state index in [4.69, 9.17) is 16.6 Å². The van der Waals surface area contributed by atoms with Crippen LogP contribution in [-0.2, 0) is 4.79 Å². The number of benzene rings is 1. The average Bonchev–Trinajstić information content (AvgIpc) is 3.13. The van der Waals surface area contributed by atoms with Gasteiger partial charge in [-0.1, -0.05) is 72.6 Å². The number of aromatic nitrogens is 1. The molecule has 1 amide bonds. The molecule has 2 aliphatic heterocycles. The zero-order chi connectivity index (χ0) is 24.5. The second-order valence-corrected chi connectivity index (χ2v) is 13.9. The number of likely N-dealkylation sites (tertiary alicyclic amines) is 1. The minimum absolute atomic E-state index is 0.111. The van der Waals surface area contributed by atoms with Gasteiger partial charge in [0, 0.05) is 39.2 Å². The van der Waals surface area contributed by atoms with Gasteiger partial charge in [-0.25, -0.2) is 0 Å². The number of carbonyl (C=O) groups is 1. The number of halogens is 4. The van der Waals surface area contributed by atoms with Gasteiger partial charge in [0.15, 0.2) is 0 Å². The SMILES string of the molecule is O=C(CC1=CC=IC(O)C=C1)N1CCC(C2c3ncc(Br)cc3C=Cc3cc(Cl)cc(Br)c32)CC1. The molecule has 1 aromatic carbocycles. The molecule has 2 aromatic rings. The number of allylic oxidation sites excluding steroid dienone is 2. The van der Waals surface area contributed by atoms with Gasteiger partial charge in [-0.3, -0.25) is 9.78 Å². The maximum absolute atomic E-state index is 13.1. The van der Waals surface area contributed by atoms with Crippen LogP contribution in [0.25, 0.3) is 12.2 Å². The van der Waals surface area contributed by atoms with Crippen molar-refractivity contribution in [1.29, 1.82) is 0 Å². The highest BCUT2D eigenvalue weighted by Gasteiger charge is 2.35. The summed E-state index contributed by atoms with van der Waals surface area (Å²) in [5, 5.41) is 10.5. The lowest BCUT2D eigenvalue weighted by atomic mass is 9.76. The number of hydrogen-bond donors (Lipinski definition) is 1. The summed E-state index contributed by atoms with van der Waals surface area (Å²) in [4.78, 5) is 19.9. The molecule has 0 bridgehead atoms. The topological polar surface area (TPSA) is 53.4 Å². The van der Waals surface area contributed by atoms with Crippen molar-refractivity contribution in [3.63, 3.8) is 0 Å². The van der Waals surface area contributed by atoms with Crippen molar-refractivity contribution >= 4 is 86.3 Å². The molecule has 1 aromatic heterocycles. The summed E-state index contributed by atoms with van der Waals surface area (Å²) in [5.74, 6) is 0.619. The molecule has 0 saturated carbocycles. The molecule has 5 rings (SSSR count). The fourth-order valence-corrected chi connectivity index (χ4v) is 8.06. The molecule has 35 heavy (non-hydrogen) atoms. The van der Waals surface area contributed by atoms with E-state index in [0.717, 1.165) is 57.3 Å². The summed E-state index contributed by atoms with van der Waals surface area (Å²) in [6.45, 7) is 1.46. The standard InChI is InChI=1S/C27H24Br2ClIN2O2/c28-20-12-19-3-2-18-13-21(30)14-22(29)25(18)26(27(19)32-15-20)17-6-9-33(10-7-17)24(35)11-16-1-4-23(34)31-8-5-16/h1-5,8,12-15,17,23,26,34H,6-7,9-11H2. The summed E-state index contributed by atoms with van der Waals surface area (Å²) in [6.07, 6.45) is 14.0. The van der Waals surface area contributed by atoms with Gasteiger partial charge in [-0.15, -0.1) is 0 Å². The van der Waals surface area contributed by atoms with Crippen molar-refractivity contribution in [2.24, 2.45) is 5.92 Å². The highest BCUT2D eigenvalue weighted by Crippen LogP contribution is 2.46. The first kappa shape index (κ1) is 25.5. The Morgan fingerprint density at radius 2 is 1.91 bits per heavy atom. The predicted octanol–water partition coefficient (Wildman–Crippen LogP) is 7.09. The monoisotopic (exact) mass is 728 g/mol. The minimum atomic E-state index is -0.394. The molecular formula is C27H24Br2ClIN2O2. The Balaban J connectivity index is 1.38. The minimum Gasteiger partial charge on any atom is -0.379 e. The van der Waals surface area contributed by atoms with Gasteiger partial charge in [-0.2, -0.15) is 0 Å². The first-order chi connectivity index (χ1) is 16.9. The molecule has 182 valence electrons. The lowest BCUT2D eigenvalue weighted by Crippen LogP contribution is -2.40. The predicted molar refractivity (Wildman–Crippen MR) is 159 cm³/mol. The van der Waals surface area contributed by atoms with E-state index in [9.17, 15) is 9.90 Å². The van der Waals surface area contributed by atoms with Gasteiger partial charge >= 0.3 is 0 Å². The van der Waals surface area contributed by atoms with E-state index in [1.54, 1.807) is 0 Å². The fourth-order valence-electron chi connectivity index (χ4n) is 5.08. The number of hydrogen-bond acceptors (Lipinski definition) is 3. The van der Waals surface area contributed by atoms with Crippen molar-refractivity contribution in [2.45, 2.75) is 29.3 Å². The number of pyridine rings is 1. The van der Waals surface area contributed by atoms with E-state index in [-0.39, 0.29) is 15.9 Å². The van der Waals surface area contributed by atoms with Crippen molar-refractivity contribution in [2.75, 3.05) is 13.1 Å². The molecule has 1 aliphatic carbocycles. The Labute approximate surface area is 237 Å². The molecule has 3 aliphatic rings. The van der Waals surface area contributed by atoms with Crippen LogP contribution in [0.4, 0.5) is 0 Å². The molecule has 1 fully saturated rings. The lowest BCUT2D eigenvalue weighted by Gasteiger charge is -2.37. The first-order valence-electron chi connectivity index (χ1n) is 11.5. The number of alkyl halides is 1. The third-order valence-corrected chi connectivity index (χ3v) is 9.99. The third kappa shape index (κ3) is 5.74. The molecule has 3 heterocycles. The Morgan fingerprint density at radius 3 is 2.71 bits per heavy atom. The summed E-state index contributed by atoms with van der Waals surface area (Å²) < 4.78 is 3.63. The van der Waals surface area contributed by atoms with Crippen molar-refractivity contribution in [1.82, 2.24) is 9.88 Å². The van der Waals surface area contributed by atoms with E-state index in [1.165, 1.54) is 5.56 Å². The molecule has 2 atom stereocenters. The van der Waals surface area contributed by atoms with E-state index < -0.39 is 20.7 Å². The van der Waals surface area contributed by atoms with Gasteiger partial charge in [0.25, 0.3) is 0 Å². The summed E-state index contributed by atoms with van der Waals surface area (Å²) in [7, 11) is 0. The number of nitrogens with zero attached hydrogens (tertiary/aromatic N) is 2. The quantitative estimate of drug-likeness (QED) is 0.271. The molecule has 2 unspecified atom stereocenters. The molecule has 1 saturated heterocycles. The van der Waals surface area contributed by atoms with Crippen molar-refractivity contribution < 1.29 is 9.90 Å². The van der Waals surface area contributed by atoms with Crippen LogP contribution in [0.15, 0.2) is 57.1 Å². The summed E-state index contributed by atoms with van der Waals surface area (Å²) >= 11 is 13.4. The number of aliphatic hydroxyl groups is 1. The number of amides is 1. The maximum Gasteiger partial charge on any atom is 0.226 e. The zero-order valence-corrected chi connectivity index (χ0v) is 24.9. The number of piperidine rings is 1. The van der Waals surface area contributed by atoms with Gasteiger partial charge in [0.1, 0.15) is 4.11 Å². The largest absolute Gasteiger partial charge is 0.379 e. The van der Waals surface area contributed by atoms with Gasteiger partial charge in [0.2, 0.25) is 5.91 Å². The third-order valence-electron chi connectivity index (χ3n) is 6.76. The van der Waals surface area contributed by atoms with Crippen LogP contribution in [0.5, 0.6) is 0 Å². The molecule has 0 radical (unpaired) electrons. The van der Waals surface area contributed by atoms with Gasteiger partial charge in [0.05, 0.1) is 12.1 Å². The number of aliphatic hydroxyl groups excluding tert-OH is 1. The van der Waals surface area contributed by atoms with E-state index in [0.29, 0.717) is 17.4 Å². The van der Waals surface area contributed by atoms with Crippen LogP contribution in [0.2, 0.25) is 5.02 Å². The van der Waals surface area contributed by atoms with Crippen LogP contribution in [0, 0.1) is 5.92 Å². The van der Waals surface area contributed by atoms with E-state index in [2.05, 4.69) is 50.1 Å². The van der Waals surface area contributed by atoms with Crippen molar-refractivity contribution in [3.05, 3.63) is 84.5 Å². The number of carbonyl (C=O) groups excluding carboxylic acids is 1. The zero-order valence-electron chi connectivity index (χ0n) is 18.8. The van der Waals surface area contributed by atoms with Gasteiger partial charge in [-0.05, 0) is 85.2 Å².